The van der Waals surface area contributed by atoms with Gasteiger partial charge in [-0.05, 0) is 24.3 Å². The van der Waals surface area contributed by atoms with Gasteiger partial charge in [0.1, 0.15) is 0 Å². The minimum absolute atomic E-state index is 0.371. The fourth-order valence-electron chi connectivity index (χ4n) is 2.60. The number of hydrogen-bond acceptors (Lipinski definition) is 7. The molecule has 4 rings (SSSR count). The Hall–Kier alpha value is -3.68. The van der Waals surface area contributed by atoms with Crippen molar-refractivity contribution in [3.8, 4) is 45.6 Å². The van der Waals surface area contributed by atoms with Crippen molar-refractivity contribution in [2.45, 2.75) is 0 Å². The number of para-hydroxylation sites is 1. The maximum Gasteiger partial charge on any atom is 0.259 e. The van der Waals surface area contributed by atoms with Gasteiger partial charge in [0.15, 0.2) is 11.5 Å². The van der Waals surface area contributed by atoms with Crippen molar-refractivity contribution in [2.75, 3.05) is 14.2 Å². The summed E-state index contributed by atoms with van der Waals surface area (Å²) in [5.74, 6) is 1.93. The Bertz CT molecular complexity index is 1010. The Morgan fingerprint density at radius 2 is 1.92 bits per heavy atom. The average molecular weight is 349 g/mol. The number of methoxy groups -OCH3 is 2. The van der Waals surface area contributed by atoms with E-state index < -0.39 is 0 Å². The van der Waals surface area contributed by atoms with Gasteiger partial charge in [-0.15, -0.1) is 0 Å². The molecule has 0 atom stereocenters. The number of nitrogens with one attached hydrogen (secondary N) is 1. The van der Waals surface area contributed by atoms with Gasteiger partial charge in [0.05, 0.1) is 37.2 Å². The number of aromatic amines is 1. The molecule has 0 amide bonds. The lowest BCUT2D eigenvalue weighted by Gasteiger charge is -2.09. The van der Waals surface area contributed by atoms with Crippen molar-refractivity contribution in [3.63, 3.8) is 0 Å². The van der Waals surface area contributed by atoms with Crippen LogP contribution >= 0.6 is 0 Å². The van der Waals surface area contributed by atoms with Gasteiger partial charge in [-0.25, -0.2) is 0 Å². The Labute approximate surface area is 148 Å². The van der Waals surface area contributed by atoms with E-state index in [0.717, 1.165) is 16.8 Å². The van der Waals surface area contributed by atoms with E-state index in [9.17, 15) is 0 Å². The summed E-state index contributed by atoms with van der Waals surface area (Å²) in [6, 6.07) is 9.23. The van der Waals surface area contributed by atoms with E-state index in [-0.39, 0.29) is 0 Å². The van der Waals surface area contributed by atoms with Gasteiger partial charge in [0.25, 0.3) is 5.89 Å². The Balaban J connectivity index is 1.67. The van der Waals surface area contributed by atoms with Gasteiger partial charge in [-0.1, -0.05) is 11.2 Å². The molecule has 26 heavy (non-hydrogen) atoms. The lowest BCUT2D eigenvalue weighted by molar-refractivity contribution is 0.355. The molecule has 0 saturated heterocycles. The standard InChI is InChI=1S/C18H15N5O3/c1-24-15-5-3-4-13(16(15)25-2)17-22-18(26-23-17)11-6-7-14(19-8-11)12-9-20-21-10-12/h3-10H,1-2H3,(H,20,21). The quantitative estimate of drug-likeness (QED) is 0.590. The third kappa shape index (κ3) is 2.77. The number of aromatic nitrogens is 5. The topological polar surface area (TPSA) is 99.0 Å². The lowest BCUT2D eigenvalue weighted by Crippen LogP contribution is -1.94. The second kappa shape index (κ2) is 6.67. The monoisotopic (exact) mass is 349 g/mol. The molecular formula is C18H15N5O3. The van der Waals surface area contributed by atoms with Crippen molar-refractivity contribution in [1.82, 2.24) is 25.3 Å². The van der Waals surface area contributed by atoms with E-state index in [1.54, 1.807) is 32.8 Å². The predicted octanol–water partition coefficient (Wildman–Crippen LogP) is 3.21. The Morgan fingerprint density at radius 1 is 1.00 bits per heavy atom. The second-order valence-corrected chi connectivity index (χ2v) is 5.38. The van der Waals surface area contributed by atoms with Crippen molar-refractivity contribution in [2.24, 2.45) is 0 Å². The summed E-state index contributed by atoms with van der Waals surface area (Å²) >= 11 is 0. The number of H-pyrrole nitrogens is 1. The number of benzene rings is 1. The third-order valence-corrected chi connectivity index (χ3v) is 3.87. The number of ether oxygens (including phenoxy) is 2. The van der Waals surface area contributed by atoms with Crippen LogP contribution in [0.1, 0.15) is 0 Å². The maximum absolute atomic E-state index is 5.43. The molecule has 1 aromatic carbocycles. The Kier molecular flexibility index (Phi) is 4.06. The molecule has 8 heteroatoms. The highest BCUT2D eigenvalue weighted by Crippen LogP contribution is 2.37. The van der Waals surface area contributed by atoms with E-state index in [1.807, 2.05) is 30.3 Å². The first kappa shape index (κ1) is 15.8. The van der Waals surface area contributed by atoms with E-state index in [4.69, 9.17) is 14.0 Å². The molecule has 1 N–H and O–H groups in total. The van der Waals surface area contributed by atoms with Crippen molar-refractivity contribution < 1.29 is 14.0 Å². The molecule has 0 aliphatic rings. The molecule has 0 fully saturated rings. The van der Waals surface area contributed by atoms with Crippen LogP contribution in [-0.2, 0) is 0 Å². The van der Waals surface area contributed by atoms with Crippen LogP contribution in [0.4, 0.5) is 0 Å². The van der Waals surface area contributed by atoms with Gasteiger partial charge in [-0.3, -0.25) is 10.1 Å². The number of hydrogen-bond donors (Lipinski definition) is 1. The summed E-state index contributed by atoms with van der Waals surface area (Å²) in [5, 5.41) is 10.7. The summed E-state index contributed by atoms with van der Waals surface area (Å²) in [6.07, 6.45) is 5.17. The molecule has 0 aliphatic carbocycles. The predicted molar refractivity (Wildman–Crippen MR) is 93.7 cm³/mol. The summed E-state index contributed by atoms with van der Waals surface area (Å²) < 4.78 is 16.1. The Morgan fingerprint density at radius 3 is 2.62 bits per heavy atom. The number of pyridine rings is 1. The van der Waals surface area contributed by atoms with Crippen LogP contribution < -0.4 is 9.47 Å². The van der Waals surface area contributed by atoms with Crippen LogP contribution in [0.25, 0.3) is 34.1 Å². The van der Waals surface area contributed by atoms with Crippen LogP contribution in [-0.4, -0.2) is 39.5 Å². The molecular weight excluding hydrogens is 334 g/mol. The van der Waals surface area contributed by atoms with Gasteiger partial charge in [-0.2, -0.15) is 10.1 Å². The van der Waals surface area contributed by atoms with Gasteiger partial charge in [0, 0.05) is 18.0 Å². The fourth-order valence-corrected chi connectivity index (χ4v) is 2.60. The number of nitrogens with zero attached hydrogens (tertiary/aromatic N) is 4. The van der Waals surface area contributed by atoms with E-state index in [2.05, 4.69) is 25.3 Å². The first-order chi connectivity index (χ1) is 12.8. The highest BCUT2D eigenvalue weighted by Gasteiger charge is 2.17. The van der Waals surface area contributed by atoms with Gasteiger partial charge in [0.2, 0.25) is 5.82 Å². The maximum atomic E-state index is 5.43. The molecule has 3 heterocycles. The summed E-state index contributed by atoms with van der Waals surface area (Å²) in [4.78, 5) is 8.86. The zero-order chi connectivity index (χ0) is 17.9. The summed E-state index contributed by atoms with van der Waals surface area (Å²) in [7, 11) is 3.15. The first-order valence-corrected chi connectivity index (χ1v) is 7.81. The molecule has 4 aromatic rings. The van der Waals surface area contributed by atoms with Crippen LogP contribution in [0.3, 0.4) is 0 Å². The normalized spacial score (nSPS) is 10.7. The fraction of sp³-hybridized carbons (Fsp3) is 0.111. The smallest absolute Gasteiger partial charge is 0.259 e. The molecule has 0 saturated carbocycles. The minimum atomic E-state index is 0.371. The molecule has 0 spiro atoms. The average Bonchev–Trinajstić information content (AvgIpc) is 3.39. The van der Waals surface area contributed by atoms with Gasteiger partial charge < -0.3 is 14.0 Å². The van der Waals surface area contributed by atoms with Crippen LogP contribution in [0.2, 0.25) is 0 Å². The van der Waals surface area contributed by atoms with Crippen LogP contribution in [0.15, 0.2) is 53.4 Å². The second-order valence-electron chi connectivity index (χ2n) is 5.38. The lowest BCUT2D eigenvalue weighted by atomic mass is 10.1. The minimum Gasteiger partial charge on any atom is -0.493 e. The van der Waals surface area contributed by atoms with E-state index in [1.165, 1.54) is 0 Å². The highest BCUT2D eigenvalue weighted by atomic mass is 16.5. The molecule has 8 nitrogen and oxygen atoms in total. The summed E-state index contributed by atoms with van der Waals surface area (Å²) in [6.45, 7) is 0. The first-order valence-electron chi connectivity index (χ1n) is 7.81. The SMILES string of the molecule is COc1cccc(-c2noc(-c3ccc(-c4cn[nH]c4)nc3)n2)c1OC. The van der Waals surface area contributed by atoms with Crippen LogP contribution in [0, 0.1) is 0 Å². The zero-order valence-electron chi connectivity index (χ0n) is 14.1. The number of rotatable bonds is 5. The van der Waals surface area contributed by atoms with Crippen molar-refractivity contribution in [3.05, 3.63) is 48.9 Å². The summed E-state index contributed by atoms with van der Waals surface area (Å²) in [5.41, 5.74) is 3.11. The molecule has 0 aliphatic heterocycles. The van der Waals surface area contributed by atoms with E-state index >= 15 is 0 Å². The zero-order valence-corrected chi connectivity index (χ0v) is 14.1. The largest absolute Gasteiger partial charge is 0.493 e. The molecule has 130 valence electrons. The molecule has 0 bridgehead atoms. The van der Waals surface area contributed by atoms with Crippen LogP contribution in [0.5, 0.6) is 11.5 Å². The molecule has 3 aromatic heterocycles. The molecule has 0 unspecified atom stereocenters. The highest BCUT2D eigenvalue weighted by molar-refractivity contribution is 5.70. The van der Waals surface area contributed by atoms with Crippen molar-refractivity contribution in [1.29, 1.82) is 0 Å². The van der Waals surface area contributed by atoms with E-state index in [0.29, 0.717) is 28.8 Å². The third-order valence-electron chi connectivity index (χ3n) is 3.87. The van der Waals surface area contributed by atoms with Crippen molar-refractivity contribution >= 4 is 0 Å². The molecule has 0 radical (unpaired) electrons. The van der Waals surface area contributed by atoms with Gasteiger partial charge >= 0.3 is 0 Å².